The van der Waals surface area contributed by atoms with Crippen molar-refractivity contribution >= 4 is 23.2 Å². The first-order valence-electron chi connectivity index (χ1n) is 12.4. The fourth-order valence-corrected chi connectivity index (χ4v) is 5.16. The van der Waals surface area contributed by atoms with Gasteiger partial charge in [0.25, 0.3) is 0 Å². The molecule has 0 fully saturated rings. The molecule has 1 amide bonds. The summed E-state index contributed by atoms with van der Waals surface area (Å²) in [5, 5.41) is 18.9. The quantitative estimate of drug-likeness (QED) is 0.463. The topological polar surface area (TPSA) is 92.7 Å². The van der Waals surface area contributed by atoms with Crippen molar-refractivity contribution in [1.29, 1.82) is 0 Å². The van der Waals surface area contributed by atoms with Gasteiger partial charge in [0.15, 0.2) is 28.7 Å². The lowest BCUT2D eigenvalue weighted by Gasteiger charge is -2.46. The van der Waals surface area contributed by atoms with E-state index in [0.717, 1.165) is 16.8 Å². The summed E-state index contributed by atoms with van der Waals surface area (Å²) in [6, 6.07) is 18.7. The van der Waals surface area contributed by atoms with Gasteiger partial charge >= 0.3 is 0 Å². The zero-order chi connectivity index (χ0) is 27.9. The second kappa shape index (κ2) is 9.92. The number of methoxy groups -OCH3 is 4. The number of para-hydroxylation sites is 1. The van der Waals surface area contributed by atoms with Gasteiger partial charge in [0, 0.05) is 12.5 Å². The maximum Gasteiger partial charge on any atom is 0.222 e. The van der Waals surface area contributed by atoms with E-state index in [1.807, 2.05) is 65.7 Å². The van der Waals surface area contributed by atoms with Crippen molar-refractivity contribution < 1.29 is 28.8 Å². The second-order valence-corrected chi connectivity index (χ2v) is 9.28. The van der Waals surface area contributed by atoms with Crippen LogP contribution in [-0.2, 0) is 10.5 Å². The van der Waals surface area contributed by atoms with Crippen LogP contribution in [0.3, 0.4) is 0 Å². The van der Waals surface area contributed by atoms with E-state index in [2.05, 4.69) is 5.32 Å². The number of nitrogens with one attached hydrogen (secondary N) is 1. The Morgan fingerprint density at radius 3 is 2.08 bits per heavy atom. The molecule has 3 aromatic carbocycles. The summed E-state index contributed by atoms with van der Waals surface area (Å²) in [5.74, 6) is 2.36. The monoisotopic (exact) mass is 529 g/mol. The summed E-state index contributed by atoms with van der Waals surface area (Å²) in [5.41, 5.74) is 2.66. The average molecular weight is 530 g/mol. The molecule has 9 heteroatoms. The van der Waals surface area contributed by atoms with E-state index in [-0.39, 0.29) is 5.91 Å². The Balaban J connectivity index is 1.85. The molecule has 9 nitrogen and oxygen atoms in total. The van der Waals surface area contributed by atoms with Gasteiger partial charge in [0.2, 0.25) is 5.91 Å². The number of hydrogen-bond acceptors (Lipinski definition) is 8. The lowest BCUT2D eigenvalue weighted by atomic mass is 9.89. The van der Waals surface area contributed by atoms with Crippen LogP contribution in [0.5, 0.6) is 23.0 Å². The highest BCUT2D eigenvalue weighted by Gasteiger charge is 2.49. The van der Waals surface area contributed by atoms with Crippen LogP contribution in [0.4, 0.5) is 5.69 Å². The zero-order valence-electron chi connectivity index (χ0n) is 22.7. The Bertz CT molecular complexity index is 1500. The summed E-state index contributed by atoms with van der Waals surface area (Å²) >= 11 is 0. The lowest BCUT2D eigenvalue weighted by molar-refractivity contribution is -0.118. The van der Waals surface area contributed by atoms with Gasteiger partial charge in [-0.2, -0.15) is 0 Å². The number of benzene rings is 3. The van der Waals surface area contributed by atoms with Crippen molar-refractivity contribution in [3.63, 3.8) is 0 Å². The smallest absolute Gasteiger partial charge is 0.222 e. The number of hydrogen-bond donors (Lipinski definition) is 2. The van der Waals surface area contributed by atoms with Crippen molar-refractivity contribution in [2.45, 2.75) is 19.6 Å². The molecule has 0 saturated carbocycles. The van der Waals surface area contributed by atoms with Crippen LogP contribution in [-0.4, -0.2) is 44.5 Å². The summed E-state index contributed by atoms with van der Waals surface area (Å²) in [6.07, 6.45) is 1.96. The molecule has 0 radical (unpaired) electrons. The molecular formula is C30H31N3O6. The molecule has 39 heavy (non-hydrogen) atoms. The maximum atomic E-state index is 12.6. The Labute approximate surface area is 227 Å². The number of rotatable bonds is 7. The zero-order valence-corrected chi connectivity index (χ0v) is 22.7. The number of amides is 1. The van der Waals surface area contributed by atoms with Crippen LogP contribution < -0.4 is 29.3 Å². The Morgan fingerprint density at radius 1 is 0.846 bits per heavy atom. The molecule has 1 unspecified atom stereocenters. The Morgan fingerprint density at radius 2 is 1.46 bits per heavy atom. The number of carbonyl (C=O) groups excluding carboxylic acids is 1. The van der Waals surface area contributed by atoms with E-state index in [1.165, 1.54) is 6.92 Å². The van der Waals surface area contributed by atoms with Crippen molar-refractivity contribution in [1.82, 2.24) is 10.3 Å². The van der Waals surface area contributed by atoms with Crippen LogP contribution >= 0.6 is 0 Å². The molecule has 0 aliphatic carbocycles. The first-order valence-corrected chi connectivity index (χ1v) is 12.4. The van der Waals surface area contributed by atoms with Crippen LogP contribution in [0, 0.1) is 0 Å². The Hall–Kier alpha value is -4.63. The summed E-state index contributed by atoms with van der Waals surface area (Å²) in [4.78, 5) is 12.6. The van der Waals surface area contributed by atoms with Crippen molar-refractivity contribution in [3.8, 4) is 23.0 Å². The first kappa shape index (κ1) is 26.0. The summed E-state index contributed by atoms with van der Waals surface area (Å²) < 4.78 is 22.2. The molecule has 1 atom stereocenters. The van der Waals surface area contributed by atoms with Crippen LogP contribution in [0.1, 0.15) is 30.5 Å². The molecule has 5 rings (SSSR count). The number of ether oxygens (including phenoxy) is 4. The van der Waals surface area contributed by atoms with Crippen molar-refractivity contribution in [3.05, 3.63) is 88.9 Å². The van der Waals surface area contributed by atoms with Gasteiger partial charge in [0.05, 0.1) is 45.4 Å². The lowest BCUT2D eigenvalue weighted by Crippen LogP contribution is -2.53. The van der Waals surface area contributed by atoms with Crippen LogP contribution in [0.25, 0.3) is 11.6 Å². The van der Waals surface area contributed by atoms with E-state index in [9.17, 15) is 9.90 Å². The molecule has 202 valence electrons. The predicted molar refractivity (Wildman–Crippen MR) is 148 cm³/mol. The molecule has 2 heterocycles. The van der Waals surface area contributed by atoms with Crippen molar-refractivity contribution in [2.75, 3.05) is 33.4 Å². The number of anilines is 1. The highest BCUT2D eigenvalue weighted by atomic mass is 16.5. The van der Waals surface area contributed by atoms with E-state index >= 15 is 0 Å². The number of aliphatic hydroxyl groups is 1. The van der Waals surface area contributed by atoms with E-state index in [4.69, 9.17) is 18.9 Å². The van der Waals surface area contributed by atoms with Gasteiger partial charge in [-0.3, -0.25) is 4.79 Å². The third kappa shape index (κ3) is 4.21. The van der Waals surface area contributed by atoms with Crippen molar-refractivity contribution in [2.24, 2.45) is 0 Å². The molecular weight excluding hydrogens is 498 g/mol. The third-order valence-corrected chi connectivity index (χ3v) is 6.87. The standard InChI is InChI=1S/C30H31N3O6/c1-18(34)31-29-28(19-12-13-24(36-3)25(15-19)37-4)23-14-20-16-26(38-5)27(39-6)17-22(20)30(2,35)33(23)32(29)21-10-8-7-9-11-21/h7-17,35H,1-6H3,(H,31,34). The molecule has 3 aromatic rings. The molecule has 0 spiro atoms. The fourth-order valence-electron chi connectivity index (χ4n) is 5.16. The van der Waals surface area contributed by atoms with Gasteiger partial charge in [-0.15, -0.1) is 0 Å². The largest absolute Gasteiger partial charge is 0.493 e. The predicted octanol–water partition coefficient (Wildman–Crippen LogP) is 4.48. The highest BCUT2D eigenvalue weighted by molar-refractivity contribution is 5.95. The minimum atomic E-state index is -1.56. The van der Waals surface area contributed by atoms with E-state index in [1.54, 1.807) is 46.4 Å². The normalized spacial score (nSPS) is 17.8. The first-order chi connectivity index (χ1) is 18.7. The molecule has 0 aromatic heterocycles. The SMILES string of the molecule is COc1ccc(C2=C(NC(C)=O)N(c3ccccc3)N3C2=Cc2cc(OC)c(OC)cc2C3(C)O)cc1OC. The van der Waals surface area contributed by atoms with E-state index < -0.39 is 5.72 Å². The van der Waals surface area contributed by atoms with Crippen LogP contribution in [0.2, 0.25) is 0 Å². The molecule has 2 N–H and O–H groups in total. The number of allylic oxidation sites excluding steroid dienone is 1. The molecule has 2 aliphatic rings. The van der Waals surface area contributed by atoms with E-state index in [0.29, 0.717) is 45.7 Å². The summed E-state index contributed by atoms with van der Waals surface area (Å²) in [7, 11) is 6.28. The molecule has 0 saturated heterocycles. The number of fused-ring (bicyclic) bond motifs is 2. The third-order valence-electron chi connectivity index (χ3n) is 6.87. The Kier molecular flexibility index (Phi) is 6.61. The highest BCUT2D eigenvalue weighted by Crippen LogP contribution is 2.52. The maximum absolute atomic E-state index is 12.6. The molecule has 0 bridgehead atoms. The molecule has 2 aliphatic heterocycles. The van der Waals surface area contributed by atoms with Gasteiger partial charge in [0.1, 0.15) is 5.82 Å². The van der Waals surface area contributed by atoms with Gasteiger partial charge in [-0.1, -0.05) is 24.3 Å². The van der Waals surface area contributed by atoms with Crippen LogP contribution in [0.15, 0.2) is 72.2 Å². The second-order valence-electron chi connectivity index (χ2n) is 9.28. The van der Waals surface area contributed by atoms with Gasteiger partial charge in [-0.25, -0.2) is 10.0 Å². The van der Waals surface area contributed by atoms with Gasteiger partial charge < -0.3 is 29.4 Å². The fraction of sp³-hybridized carbons (Fsp3) is 0.233. The average Bonchev–Trinajstić information content (AvgIpc) is 3.26. The number of hydrazine groups is 1. The minimum Gasteiger partial charge on any atom is -0.493 e. The minimum absolute atomic E-state index is 0.259. The summed E-state index contributed by atoms with van der Waals surface area (Å²) in [6.45, 7) is 3.17. The number of nitrogens with zero attached hydrogens (tertiary/aromatic N) is 2. The number of carbonyl (C=O) groups is 1. The van der Waals surface area contributed by atoms with Gasteiger partial charge in [-0.05, 0) is 60.5 Å².